The molecule has 3 aromatic heterocycles. The molecule has 2 aliphatic rings. The lowest BCUT2D eigenvalue weighted by Crippen LogP contribution is -2.39. The molecule has 11 nitrogen and oxygen atoms in total. The molecular formula is C20H20F5N7O4. The van der Waals surface area contributed by atoms with Gasteiger partial charge < -0.3 is 20.1 Å². The standard InChI is InChI=1S/C20H20F5N7O4/c1-19(2-3-19)29-18(33)36-12-8-34-15(14(12)22)11-4-13(31-30-11)28-17-26-5-10(21)16-27-9(6-32(16)17)7-35-20(23,24)25/h4-6,12,14-15H,2-3,7-8H2,1H3,(H,29,33)(H2,26,28,30,31)/t12-,14-,15-/m1/s1. The van der Waals surface area contributed by atoms with Gasteiger partial charge in [-0.3, -0.25) is 14.2 Å². The van der Waals surface area contributed by atoms with Crippen molar-refractivity contribution in [3.8, 4) is 0 Å². The summed E-state index contributed by atoms with van der Waals surface area (Å²) in [6.45, 7) is 0.780. The fourth-order valence-electron chi connectivity index (χ4n) is 3.64. The molecule has 3 atom stereocenters. The molecule has 0 bridgehead atoms. The van der Waals surface area contributed by atoms with Crippen LogP contribution in [0, 0.1) is 5.82 Å². The summed E-state index contributed by atoms with van der Waals surface area (Å²) in [5, 5.41) is 12.1. The monoisotopic (exact) mass is 517 g/mol. The largest absolute Gasteiger partial charge is 0.522 e. The quantitative estimate of drug-likeness (QED) is 0.407. The Kier molecular flexibility index (Phi) is 5.94. The Balaban J connectivity index is 1.26. The van der Waals surface area contributed by atoms with Gasteiger partial charge in [0.25, 0.3) is 0 Å². The summed E-state index contributed by atoms with van der Waals surface area (Å²) >= 11 is 0. The molecule has 1 aliphatic heterocycles. The lowest BCUT2D eigenvalue weighted by atomic mass is 10.1. The minimum atomic E-state index is -4.88. The van der Waals surface area contributed by atoms with Crippen LogP contribution in [0.25, 0.3) is 5.65 Å². The molecule has 0 aromatic carbocycles. The second-order valence-electron chi connectivity index (χ2n) is 8.75. The van der Waals surface area contributed by atoms with E-state index < -0.39 is 43.3 Å². The van der Waals surface area contributed by atoms with Crippen LogP contribution in [0.15, 0.2) is 18.5 Å². The van der Waals surface area contributed by atoms with Crippen molar-refractivity contribution in [3.63, 3.8) is 0 Å². The van der Waals surface area contributed by atoms with Gasteiger partial charge in [-0.1, -0.05) is 0 Å². The molecule has 2 fully saturated rings. The first-order chi connectivity index (χ1) is 17.0. The first-order valence-electron chi connectivity index (χ1n) is 10.8. The fourth-order valence-corrected chi connectivity index (χ4v) is 3.64. The molecule has 1 saturated heterocycles. The van der Waals surface area contributed by atoms with Gasteiger partial charge in [0.05, 0.1) is 30.8 Å². The highest BCUT2D eigenvalue weighted by Crippen LogP contribution is 2.36. The van der Waals surface area contributed by atoms with Crippen LogP contribution in [-0.4, -0.2) is 61.4 Å². The lowest BCUT2D eigenvalue weighted by Gasteiger charge is -2.17. The van der Waals surface area contributed by atoms with Crippen molar-refractivity contribution in [1.82, 2.24) is 29.9 Å². The normalized spacial score (nSPS) is 23.1. The number of ether oxygens (including phenoxy) is 3. The first-order valence-corrected chi connectivity index (χ1v) is 10.8. The molecule has 36 heavy (non-hydrogen) atoms. The van der Waals surface area contributed by atoms with Crippen molar-refractivity contribution in [3.05, 3.63) is 35.7 Å². The van der Waals surface area contributed by atoms with E-state index in [2.05, 4.69) is 35.5 Å². The second-order valence-corrected chi connectivity index (χ2v) is 8.75. The van der Waals surface area contributed by atoms with E-state index >= 15 is 0 Å². The third-order valence-corrected chi connectivity index (χ3v) is 5.77. The number of halogens is 5. The number of fused-ring (bicyclic) bond motifs is 1. The molecular weight excluding hydrogens is 497 g/mol. The van der Waals surface area contributed by atoms with E-state index in [1.807, 2.05) is 6.92 Å². The molecule has 194 valence electrons. The maximum absolute atomic E-state index is 14.9. The van der Waals surface area contributed by atoms with Gasteiger partial charge in [0, 0.05) is 17.8 Å². The maximum Gasteiger partial charge on any atom is 0.522 e. The zero-order chi connectivity index (χ0) is 25.7. The lowest BCUT2D eigenvalue weighted by molar-refractivity contribution is -0.330. The Morgan fingerprint density at radius 1 is 1.39 bits per heavy atom. The molecule has 1 amide bonds. The van der Waals surface area contributed by atoms with Gasteiger partial charge in [-0.05, 0) is 19.8 Å². The van der Waals surface area contributed by atoms with Crippen LogP contribution in [0.5, 0.6) is 0 Å². The summed E-state index contributed by atoms with van der Waals surface area (Å²) in [6.07, 6.45) is -5.86. The van der Waals surface area contributed by atoms with Gasteiger partial charge in [0.15, 0.2) is 29.6 Å². The maximum atomic E-state index is 14.9. The number of amides is 1. The number of anilines is 2. The SMILES string of the molecule is CC1(NC(=O)O[C@@H]2CO[C@H](c3cc(Nc4ncc(F)c5nc(COC(F)(F)F)cn45)n[nH]3)[C@@H]2F)CC1. The first kappa shape index (κ1) is 24.2. The van der Waals surface area contributed by atoms with Gasteiger partial charge >= 0.3 is 12.5 Å². The van der Waals surface area contributed by atoms with Crippen molar-refractivity contribution in [1.29, 1.82) is 0 Å². The van der Waals surface area contributed by atoms with Crippen LogP contribution < -0.4 is 10.6 Å². The number of aromatic nitrogens is 5. The number of rotatable bonds is 7. The fraction of sp³-hybridized carbons (Fsp3) is 0.500. The molecule has 3 aromatic rings. The van der Waals surface area contributed by atoms with Crippen LogP contribution in [0.4, 0.5) is 38.5 Å². The van der Waals surface area contributed by atoms with E-state index in [1.165, 1.54) is 6.07 Å². The Morgan fingerprint density at radius 3 is 2.89 bits per heavy atom. The van der Waals surface area contributed by atoms with Crippen molar-refractivity contribution >= 4 is 23.5 Å². The van der Waals surface area contributed by atoms with Gasteiger partial charge in [-0.2, -0.15) is 5.10 Å². The average molecular weight is 517 g/mol. The third kappa shape index (κ3) is 5.18. The van der Waals surface area contributed by atoms with Crippen molar-refractivity contribution in [2.75, 3.05) is 11.9 Å². The molecule has 1 aliphatic carbocycles. The van der Waals surface area contributed by atoms with Crippen LogP contribution in [-0.2, 0) is 20.8 Å². The number of imidazole rings is 1. The summed E-state index contributed by atoms with van der Waals surface area (Å²) in [4.78, 5) is 19.7. The van der Waals surface area contributed by atoms with E-state index in [-0.39, 0.29) is 40.9 Å². The number of hydrogen-bond acceptors (Lipinski definition) is 8. The van der Waals surface area contributed by atoms with Crippen LogP contribution in [0.1, 0.15) is 37.3 Å². The van der Waals surface area contributed by atoms with Crippen molar-refractivity contribution in [2.24, 2.45) is 0 Å². The second kappa shape index (κ2) is 8.85. The molecule has 1 saturated carbocycles. The molecule has 3 N–H and O–H groups in total. The third-order valence-electron chi connectivity index (χ3n) is 5.77. The van der Waals surface area contributed by atoms with Gasteiger partial charge in [-0.15, -0.1) is 13.2 Å². The zero-order valence-electron chi connectivity index (χ0n) is 18.6. The molecule has 0 unspecified atom stereocenters. The van der Waals surface area contributed by atoms with Crippen molar-refractivity contribution in [2.45, 2.75) is 56.7 Å². The average Bonchev–Trinajstić information content (AvgIpc) is 3.16. The zero-order valence-corrected chi connectivity index (χ0v) is 18.6. The number of alkyl halides is 4. The van der Waals surface area contributed by atoms with E-state index in [1.54, 1.807) is 0 Å². The van der Waals surface area contributed by atoms with Gasteiger partial charge in [0.1, 0.15) is 6.10 Å². The molecule has 0 radical (unpaired) electrons. The number of nitrogens with one attached hydrogen (secondary N) is 3. The molecule has 5 rings (SSSR count). The van der Waals surface area contributed by atoms with Crippen LogP contribution >= 0.6 is 0 Å². The number of alkyl carbamates (subject to hydrolysis) is 1. The Bertz CT molecular complexity index is 1280. The molecule has 16 heteroatoms. The van der Waals surface area contributed by atoms with Gasteiger partial charge in [-0.25, -0.2) is 23.5 Å². The number of nitrogens with zero attached hydrogens (tertiary/aromatic N) is 4. The topological polar surface area (TPSA) is 128 Å². The minimum Gasteiger partial charge on any atom is -0.441 e. The van der Waals surface area contributed by atoms with E-state index in [4.69, 9.17) is 9.47 Å². The van der Waals surface area contributed by atoms with E-state index in [0.29, 0.717) is 0 Å². The molecule has 4 heterocycles. The Morgan fingerprint density at radius 2 is 2.17 bits per heavy atom. The summed E-state index contributed by atoms with van der Waals surface area (Å²) < 4.78 is 81.4. The van der Waals surface area contributed by atoms with Crippen LogP contribution in [0.3, 0.4) is 0 Å². The summed E-state index contributed by atoms with van der Waals surface area (Å²) in [5.41, 5.74) is -0.554. The number of carbonyl (C=O) groups is 1. The van der Waals surface area contributed by atoms with E-state index in [9.17, 15) is 26.7 Å². The van der Waals surface area contributed by atoms with Crippen molar-refractivity contribution < 1.29 is 41.0 Å². The van der Waals surface area contributed by atoms with Gasteiger partial charge in [0.2, 0.25) is 5.95 Å². The van der Waals surface area contributed by atoms with Crippen LogP contribution in [0.2, 0.25) is 0 Å². The Labute approximate surface area is 199 Å². The Hall–Kier alpha value is -3.53. The molecule has 0 spiro atoms. The number of H-pyrrole nitrogens is 1. The number of aromatic amines is 1. The predicted molar refractivity (Wildman–Crippen MR) is 110 cm³/mol. The predicted octanol–water partition coefficient (Wildman–Crippen LogP) is 3.43. The number of hydrogen-bond donors (Lipinski definition) is 3. The van der Waals surface area contributed by atoms with E-state index in [0.717, 1.165) is 29.6 Å². The highest BCUT2D eigenvalue weighted by molar-refractivity contribution is 5.69. The number of carbonyl (C=O) groups excluding carboxylic acids is 1. The summed E-state index contributed by atoms with van der Waals surface area (Å²) in [7, 11) is 0. The smallest absolute Gasteiger partial charge is 0.441 e. The highest BCUT2D eigenvalue weighted by atomic mass is 19.4. The minimum absolute atomic E-state index is 0.0224. The summed E-state index contributed by atoms with van der Waals surface area (Å²) in [6, 6.07) is 1.41. The highest BCUT2D eigenvalue weighted by Gasteiger charge is 2.44. The summed E-state index contributed by atoms with van der Waals surface area (Å²) in [5.74, 6) is -0.760.